The second kappa shape index (κ2) is 10.9. The van der Waals surface area contributed by atoms with Crippen LogP contribution in [0.25, 0.3) is 12.2 Å². The van der Waals surface area contributed by atoms with E-state index in [0.29, 0.717) is 0 Å². The summed E-state index contributed by atoms with van der Waals surface area (Å²) < 4.78 is 71.4. The minimum Gasteiger partial charge on any atom is -0.375 e. The number of anilines is 2. The first-order valence-corrected chi connectivity index (χ1v) is 12.6. The highest BCUT2D eigenvalue weighted by atomic mass is 32.2. The van der Waals surface area contributed by atoms with Crippen LogP contribution in [0.4, 0.5) is 11.4 Å². The summed E-state index contributed by atoms with van der Waals surface area (Å²) in [5.41, 5.74) is 0.184. The summed E-state index contributed by atoms with van der Waals surface area (Å²) in [6.07, 6.45) is 2.42. The number of hydrogen-bond acceptors (Lipinski definition) is 7. The average Bonchev–Trinajstić information content (AvgIpc) is 2.72. The van der Waals surface area contributed by atoms with Crippen molar-refractivity contribution in [3.63, 3.8) is 0 Å². The van der Waals surface area contributed by atoms with Crippen molar-refractivity contribution in [1.29, 1.82) is 0 Å². The molecule has 2 aromatic carbocycles. The molecular formula is C21H24N2O9S2. The van der Waals surface area contributed by atoms with Crippen LogP contribution in [0.2, 0.25) is 0 Å². The van der Waals surface area contributed by atoms with Crippen molar-refractivity contribution in [2.45, 2.75) is 23.6 Å². The zero-order valence-corrected chi connectivity index (χ0v) is 20.1. The van der Waals surface area contributed by atoms with E-state index in [2.05, 4.69) is 15.4 Å². The average molecular weight is 513 g/mol. The van der Waals surface area contributed by atoms with Gasteiger partial charge in [-0.15, -0.1) is 0 Å². The lowest BCUT2D eigenvalue weighted by molar-refractivity contribution is -0.120. The van der Waals surface area contributed by atoms with E-state index >= 15 is 0 Å². The van der Waals surface area contributed by atoms with E-state index in [4.69, 9.17) is 0 Å². The fraction of sp³-hybridized carbons (Fsp3) is 0.238. The molecule has 0 heterocycles. The van der Waals surface area contributed by atoms with Crippen LogP contribution in [-0.2, 0) is 34.6 Å². The smallest absolute Gasteiger partial charge is 0.295 e. The first-order valence-electron chi connectivity index (χ1n) is 9.73. The molecule has 0 bridgehead atoms. The van der Waals surface area contributed by atoms with E-state index in [1.165, 1.54) is 43.5 Å². The molecule has 0 aromatic heterocycles. The molecule has 0 unspecified atom stereocenters. The highest BCUT2D eigenvalue weighted by molar-refractivity contribution is 7.86. The summed E-state index contributed by atoms with van der Waals surface area (Å²) in [6, 6.07) is 7.46. The van der Waals surface area contributed by atoms with Crippen molar-refractivity contribution < 1.29 is 40.3 Å². The number of rotatable bonds is 9. The number of ether oxygens (including phenoxy) is 1. The fourth-order valence-electron chi connectivity index (χ4n) is 2.74. The van der Waals surface area contributed by atoms with E-state index < -0.39 is 35.9 Å². The third-order valence-electron chi connectivity index (χ3n) is 4.38. The molecule has 0 aliphatic rings. The lowest BCUT2D eigenvalue weighted by Gasteiger charge is -2.11. The number of carbonyl (C=O) groups excluding carboxylic acids is 2. The van der Waals surface area contributed by atoms with Crippen molar-refractivity contribution >= 4 is 55.6 Å². The molecule has 11 nitrogen and oxygen atoms in total. The lowest BCUT2D eigenvalue weighted by Crippen LogP contribution is -2.18. The maximum Gasteiger partial charge on any atom is 0.295 e. The Morgan fingerprint density at radius 3 is 1.71 bits per heavy atom. The van der Waals surface area contributed by atoms with Crippen LogP contribution in [0.5, 0.6) is 0 Å². The highest BCUT2D eigenvalue weighted by Crippen LogP contribution is 2.26. The van der Waals surface area contributed by atoms with Gasteiger partial charge in [0.15, 0.2) is 0 Å². The van der Waals surface area contributed by atoms with E-state index in [-0.39, 0.29) is 40.9 Å². The Bertz CT molecular complexity index is 1330. The second-order valence-electron chi connectivity index (χ2n) is 7.41. The minimum atomic E-state index is -4.72. The molecule has 0 aliphatic carbocycles. The summed E-state index contributed by atoms with van der Waals surface area (Å²) in [4.78, 5) is 22.5. The molecule has 4 N–H and O–H groups in total. The number of methoxy groups -OCH3 is 1. The van der Waals surface area contributed by atoms with Gasteiger partial charge in [-0.3, -0.25) is 18.7 Å². The van der Waals surface area contributed by atoms with Crippen molar-refractivity contribution in [3.8, 4) is 0 Å². The Labute approximate surface area is 197 Å². The van der Waals surface area contributed by atoms with Gasteiger partial charge < -0.3 is 15.4 Å². The van der Waals surface area contributed by atoms with Crippen LogP contribution in [-0.4, -0.2) is 51.5 Å². The molecule has 2 amide bonds. The molecule has 0 atom stereocenters. The molecule has 0 fully saturated rings. The van der Waals surface area contributed by atoms with E-state index in [1.54, 1.807) is 13.8 Å². The number of carbonyl (C=O) groups is 2. The van der Waals surface area contributed by atoms with Crippen LogP contribution < -0.4 is 10.6 Å². The quantitative estimate of drug-likeness (QED) is 0.290. The van der Waals surface area contributed by atoms with Crippen LogP contribution >= 0.6 is 0 Å². The molecule has 13 heteroatoms. The van der Waals surface area contributed by atoms with Crippen LogP contribution in [0.15, 0.2) is 46.2 Å². The molecule has 184 valence electrons. The normalized spacial score (nSPS) is 12.2. The van der Waals surface area contributed by atoms with Crippen LogP contribution in [0, 0.1) is 5.92 Å². The van der Waals surface area contributed by atoms with Gasteiger partial charge in [0.1, 0.15) is 16.4 Å². The molecule has 0 saturated heterocycles. The highest BCUT2D eigenvalue weighted by Gasteiger charge is 2.18. The van der Waals surface area contributed by atoms with Gasteiger partial charge in [-0.1, -0.05) is 38.1 Å². The number of amides is 2. The first-order chi connectivity index (χ1) is 15.7. The van der Waals surface area contributed by atoms with E-state index in [1.807, 2.05) is 0 Å². The molecule has 34 heavy (non-hydrogen) atoms. The van der Waals surface area contributed by atoms with Crippen molar-refractivity contribution in [1.82, 2.24) is 0 Å². The topological polar surface area (TPSA) is 176 Å². The van der Waals surface area contributed by atoms with Gasteiger partial charge in [0.2, 0.25) is 11.8 Å². The summed E-state index contributed by atoms with van der Waals surface area (Å²) in [5, 5.41) is 4.92. The van der Waals surface area contributed by atoms with Gasteiger partial charge in [-0.2, -0.15) is 16.8 Å². The molecular weight excluding hydrogens is 488 g/mol. The molecule has 0 radical (unpaired) electrons. The number of benzene rings is 2. The van der Waals surface area contributed by atoms with Crippen LogP contribution in [0.1, 0.15) is 25.0 Å². The summed E-state index contributed by atoms with van der Waals surface area (Å²) >= 11 is 0. The molecule has 0 saturated carbocycles. The third kappa shape index (κ3) is 7.46. The lowest BCUT2D eigenvalue weighted by atomic mass is 10.1. The Morgan fingerprint density at radius 1 is 0.882 bits per heavy atom. The van der Waals surface area contributed by atoms with Gasteiger partial charge in [0, 0.05) is 24.4 Å². The van der Waals surface area contributed by atoms with Gasteiger partial charge in [-0.25, -0.2) is 0 Å². The van der Waals surface area contributed by atoms with Gasteiger partial charge in [-0.05, 0) is 35.4 Å². The van der Waals surface area contributed by atoms with E-state index in [0.717, 1.165) is 12.1 Å². The largest absolute Gasteiger partial charge is 0.375 e. The maximum atomic E-state index is 11.9. The fourth-order valence-corrected chi connectivity index (χ4v) is 4.16. The predicted molar refractivity (Wildman–Crippen MR) is 125 cm³/mol. The summed E-state index contributed by atoms with van der Waals surface area (Å²) in [5.74, 6) is -1.27. The van der Waals surface area contributed by atoms with Crippen molar-refractivity contribution in [3.05, 3.63) is 47.5 Å². The van der Waals surface area contributed by atoms with Gasteiger partial charge in [0.05, 0.1) is 0 Å². The zero-order valence-electron chi connectivity index (χ0n) is 18.5. The maximum absolute atomic E-state index is 11.9. The summed E-state index contributed by atoms with van der Waals surface area (Å²) in [6.45, 7) is 3.03. The monoisotopic (exact) mass is 512 g/mol. The minimum absolute atomic E-state index is 0.0104. The molecule has 2 rings (SSSR count). The first kappa shape index (κ1) is 27.1. The zero-order chi connectivity index (χ0) is 25.7. The Kier molecular flexibility index (Phi) is 8.69. The second-order valence-corrected chi connectivity index (χ2v) is 10.2. The van der Waals surface area contributed by atoms with Gasteiger partial charge in [0.25, 0.3) is 20.2 Å². The number of nitrogens with one attached hydrogen (secondary N) is 2. The Morgan fingerprint density at radius 2 is 1.32 bits per heavy atom. The van der Waals surface area contributed by atoms with Crippen LogP contribution in [0.3, 0.4) is 0 Å². The van der Waals surface area contributed by atoms with Crippen molar-refractivity contribution in [2.75, 3.05) is 24.4 Å². The Hall–Kier alpha value is -3.10. The van der Waals surface area contributed by atoms with Gasteiger partial charge >= 0.3 is 0 Å². The van der Waals surface area contributed by atoms with E-state index in [9.17, 15) is 35.5 Å². The molecule has 0 aliphatic heterocycles. The SMILES string of the molecule is COCC(=O)Nc1ccc(C=Cc2ccc(NC(=O)C(C)C)cc2S(=O)(=O)O)c(S(=O)(=O)O)c1. The Balaban J connectivity index is 2.49. The van der Waals surface area contributed by atoms with Crippen molar-refractivity contribution in [2.24, 2.45) is 5.92 Å². The predicted octanol–water partition coefficient (Wildman–Crippen LogP) is 2.53. The number of hydrogen-bond donors (Lipinski definition) is 4. The standard InChI is InChI=1S/C21H24N2O9S2/c1-13(2)21(25)23-17-9-7-15(19(11-17)34(29,30)31)5-4-14-6-8-16(22-20(24)12-32-3)10-18(14)33(26,27)28/h4-11,13H,12H2,1-3H3,(H,22,24)(H,23,25)(H,26,27,28)(H,29,30,31). The third-order valence-corrected chi connectivity index (χ3v) is 6.20. The molecule has 0 spiro atoms. The summed E-state index contributed by atoms with van der Waals surface area (Å²) in [7, 11) is -8.13. The molecule has 2 aromatic rings.